The molecule has 2 aromatic rings. The predicted octanol–water partition coefficient (Wildman–Crippen LogP) is 6.76. The van der Waals surface area contributed by atoms with Crippen molar-refractivity contribution in [3.05, 3.63) is 74.8 Å². The Morgan fingerprint density at radius 1 is 1.05 bits per heavy atom. The van der Waals surface area contributed by atoms with E-state index in [0.29, 0.717) is 45.2 Å². The Bertz CT molecular complexity index is 1470. The Balaban J connectivity index is 1.61. The van der Waals surface area contributed by atoms with Crippen molar-refractivity contribution < 1.29 is 51.3 Å². The molecule has 0 aromatic heterocycles. The molecule has 2 aliphatic rings. The van der Waals surface area contributed by atoms with Crippen LogP contribution in [-0.4, -0.2) is 39.8 Å². The molecule has 13 heteroatoms. The summed E-state index contributed by atoms with van der Waals surface area (Å²) in [6, 6.07) is 5.00. The van der Waals surface area contributed by atoms with Crippen LogP contribution in [0.25, 0.3) is 6.08 Å². The number of allylic oxidation sites excluding steroid dienone is 2. The van der Waals surface area contributed by atoms with Gasteiger partial charge in [-0.1, -0.05) is 28.8 Å². The normalized spacial score (nSPS) is 22.3. The van der Waals surface area contributed by atoms with Gasteiger partial charge in [-0.15, -0.1) is 0 Å². The van der Waals surface area contributed by atoms with E-state index in [1.54, 1.807) is 26.0 Å². The van der Waals surface area contributed by atoms with Crippen LogP contribution in [0.2, 0.25) is 5.02 Å². The minimum absolute atomic E-state index is 0.00404. The number of phenolic OH excluding ortho intramolecular Hbond substituents is 1. The quantitative estimate of drug-likeness (QED) is 0.178. The highest BCUT2D eigenvalue weighted by molar-refractivity contribution is 6.32. The van der Waals surface area contributed by atoms with Crippen LogP contribution < -0.4 is 4.90 Å². The summed E-state index contributed by atoms with van der Waals surface area (Å²) in [6.45, 7) is 2.70. The number of carbonyl (C=O) groups is 2. The molecule has 1 saturated heterocycles. The second kappa shape index (κ2) is 12.0. The van der Waals surface area contributed by atoms with Crippen molar-refractivity contribution in [3.8, 4) is 5.75 Å². The minimum atomic E-state index is -5.18. The Morgan fingerprint density at radius 2 is 1.65 bits per heavy atom. The first-order chi connectivity index (χ1) is 19.9. The number of hydrogen-bond donors (Lipinski definition) is 3. The molecule has 0 bridgehead atoms. The van der Waals surface area contributed by atoms with Gasteiger partial charge in [0, 0.05) is 5.92 Å². The van der Waals surface area contributed by atoms with Crippen molar-refractivity contribution in [2.24, 2.45) is 17.8 Å². The number of anilines is 1. The molecule has 232 valence electrons. The molecule has 4 rings (SSSR count). The number of carbonyl (C=O) groups excluding carboxylic acids is 2. The summed E-state index contributed by atoms with van der Waals surface area (Å²) in [5, 5.41) is 31.3. The number of halogens is 7. The summed E-state index contributed by atoms with van der Waals surface area (Å²) >= 11 is 6.15. The van der Waals surface area contributed by atoms with E-state index in [-0.39, 0.29) is 24.7 Å². The Labute approximate surface area is 247 Å². The number of rotatable bonds is 7. The number of amides is 2. The molecule has 1 heterocycles. The number of phenols is 1. The number of imide groups is 1. The molecular formula is C30H28ClF6NO5. The summed E-state index contributed by atoms with van der Waals surface area (Å²) in [4.78, 5) is 27.2. The maximum Gasteiger partial charge on any atom is 0.416 e. The Morgan fingerprint density at radius 3 is 2.19 bits per heavy atom. The van der Waals surface area contributed by atoms with Gasteiger partial charge in [0.1, 0.15) is 5.75 Å². The lowest BCUT2D eigenvalue weighted by Gasteiger charge is -2.35. The van der Waals surface area contributed by atoms with Gasteiger partial charge in [-0.2, -0.15) is 26.3 Å². The molecule has 1 fully saturated rings. The highest BCUT2D eigenvalue weighted by atomic mass is 35.5. The molecule has 3 N–H and O–H groups in total. The SMILES string of the molecule is CC1=C([C@H](O)CC/C(C)=C/c2ccc(O)cc2Cl)[C@H](CO)[C@@H]2C(=O)N(c3cc(C(F)(F)F)cc(C(F)(F)F)c3)C(=O)[C@@H]2C1. The number of aliphatic hydroxyl groups excluding tert-OH is 2. The molecule has 0 spiro atoms. The van der Waals surface area contributed by atoms with Gasteiger partial charge >= 0.3 is 12.4 Å². The van der Waals surface area contributed by atoms with E-state index in [2.05, 4.69) is 0 Å². The van der Waals surface area contributed by atoms with Gasteiger partial charge in [-0.25, -0.2) is 4.90 Å². The molecule has 1 aliphatic carbocycles. The van der Waals surface area contributed by atoms with Gasteiger partial charge in [0.25, 0.3) is 0 Å². The number of fused-ring (bicyclic) bond motifs is 1. The number of benzene rings is 2. The first-order valence-corrected chi connectivity index (χ1v) is 13.6. The van der Waals surface area contributed by atoms with E-state index in [9.17, 15) is 51.3 Å². The van der Waals surface area contributed by atoms with Crippen LogP contribution in [0.4, 0.5) is 32.0 Å². The van der Waals surface area contributed by atoms with Crippen LogP contribution >= 0.6 is 11.6 Å². The molecule has 43 heavy (non-hydrogen) atoms. The average molecular weight is 632 g/mol. The highest BCUT2D eigenvalue weighted by Gasteiger charge is 2.55. The Hall–Kier alpha value is -3.35. The second-order valence-corrected chi connectivity index (χ2v) is 11.3. The zero-order valence-electron chi connectivity index (χ0n) is 22.9. The monoisotopic (exact) mass is 631 g/mol. The second-order valence-electron chi connectivity index (χ2n) is 10.9. The number of alkyl halides is 6. The minimum Gasteiger partial charge on any atom is -0.508 e. The van der Waals surface area contributed by atoms with Crippen molar-refractivity contribution in [2.45, 2.75) is 51.6 Å². The average Bonchev–Trinajstić information content (AvgIpc) is 3.15. The van der Waals surface area contributed by atoms with E-state index in [1.807, 2.05) is 0 Å². The molecule has 0 saturated carbocycles. The lowest BCUT2D eigenvalue weighted by molar-refractivity contribution is -0.143. The van der Waals surface area contributed by atoms with E-state index in [4.69, 9.17) is 11.6 Å². The van der Waals surface area contributed by atoms with Crippen LogP contribution in [-0.2, 0) is 21.9 Å². The van der Waals surface area contributed by atoms with Gasteiger partial charge in [0.15, 0.2) is 0 Å². The van der Waals surface area contributed by atoms with Crippen LogP contribution in [0, 0.1) is 17.8 Å². The van der Waals surface area contributed by atoms with Gasteiger partial charge in [-0.05, 0) is 80.6 Å². The van der Waals surface area contributed by atoms with Crippen molar-refractivity contribution in [3.63, 3.8) is 0 Å². The lowest BCUT2D eigenvalue weighted by atomic mass is 9.68. The van der Waals surface area contributed by atoms with E-state index >= 15 is 0 Å². The predicted molar refractivity (Wildman–Crippen MR) is 146 cm³/mol. The molecule has 6 nitrogen and oxygen atoms in total. The number of aliphatic hydroxyl groups is 2. The third-order valence-corrected chi connectivity index (χ3v) is 8.24. The molecule has 2 aromatic carbocycles. The van der Waals surface area contributed by atoms with E-state index in [0.717, 1.165) is 5.57 Å². The molecule has 1 aliphatic heterocycles. The first kappa shape index (κ1) is 32.6. The molecule has 0 radical (unpaired) electrons. The Kier molecular flexibility index (Phi) is 9.07. The fourth-order valence-electron chi connectivity index (χ4n) is 5.93. The number of hydrogen-bond acceptors (Lipinski definition) is 5. The third kappa shape index (κ3) is 6.61. The van der Waals surface area contributed by atoms with E-state index in [1.165, 1.54) is 12.1 Å². The molecule has 4 atom stereocenters. The van der Waals surface area contributed by atoms with Gasteiger partial charge < -0.3 is 15.3 Å². The standard InChI is InChI=1S/C30H28ClF6NO5/c1-14(7-16-4-5-20(40)12-23(16)31)3-6-24(41)25-15(2)8-21-26(22(25)13-39)28(43)38(27(21)42)19-10-17(29(32,33)34)9-18(11-19)30(35,36)37/h4-5,7,9-12,21-22,24,26,39-41H,3,6,8,13H2,1-2H3/b14-7+/t21-,22+,24-,26-/m1/s1. The zero-order chi connectivity index (χ0) is 32.0. The first-order valence-electron chi connectivity index (χ1n) is 13.3. The lowest BCUT2D eigenvalue weighted by Crippen LogP contribution is -2.38. The third-order valence-electron chi connectivity index (χ3n) is 7.91. The van der Waals surface area contributed by atoms with Crippen molar-refractivity contribution in [1.82, 2.24) is 0 Å². The summed E-state index contributed by atoms with van der Waals surface area (Å²) in [5.41, 5.74) is -1.96. The van der Waals surface area contributed by atoms with Crippen LogP contribution in [0.15, 0.2) is 53.1 Å². The molecular weight excluding hydrogens is 604 g/mol. The van der Waals surface area contributed by atoms with E-state index < -0.39 is 71.4 Å². The fourth-order valence-corrected chi connectivity index (χ4v) is 6.16. The summed E-state index contributed by atoms with van der Waals surface area (Å²) < 4.78 is 80.8. The summed E-state index contributed by atoms with van der Waals surface area (Å²) in [5.74, 6) is -5.53. The largest absolute Gasteiger partial charge is 0.508 e. The summed E-state index contributed by atoms with van der Waals surface area (Å²) in [6.07, 6.45) is -9.35. The highest BCUT2D eigenvalue weighted by Crippen LogP contribution is 2.48. The summed E-state index contributed by atoms with van der Waals surface area (Å²) in [7, 11) is 0. The number of nitrogens with zero attached hydrogens (tertiary/aromatic N) is 1. The smallest absolute Gasteiger partial charge is 0.416 e. The maximum absolute atomic E-state index is 13.5. The van der Waals surface area contributed by atoms with Crippen LogP contribution in [0.1, 0.15) is 49.8 Å². The van der Waals surface area contributed by atoms with Crippen LogP contribution in [0.3, 0.4) is 0 Å². The van der Waals surface area contributed by atoms with Crippen molar-refractivity contribution >= 4 is 35.2 Å². The zero-order valence-corrected chi connectivity index (χ0v) is 23.7. The van der Waals surface area contributed by atoms with Crippen molar-refractivity contribution in [2.75, 3.05) is 11.5 Å². The fraction of sp³-hybridized carbons (Fsp3) is 0.400. The molecule has 2 amide bonds. The number of aromatic hydroxyl groups is 1. The van der Waals surface area contributed by atoms with Gasteiger partial charge in [-0.3, -0.25) is 9.59 Å². The van der Waals surface area contributed by atoms with Crippen molar-refractivity contribution in [1.29, 1.82) is 0 Å². The molecule has 0 unspecified atom stereocenters. The topological polar surface area (TPSA) is 98.1 Å². The van der Waals surface area contributed by atoms with Gasteiger partial charge in [0.2, 0.25) is 11.8 Å². The van der Waals surface area contributed by atoms with Crippen LogP contribution in [0.5, 0.6) is 5.75 Å². The maximum atomic E-state index is 13.5. The van der Waals surface area contributed by atoms with Gasteiger partial charge in [0.05, 0.1) is 46.4 Å².